The number of carboxylic acid groups (broad SMARTS) is 1. The van der Waals surface area contributed by atoms with Crippen LogP contribution in [0.2, 0.25) is 0 Å². The van der Waals surface area contributed by atoms with Gasteiger partial charge in [0.05, 0.1) is 6.61 Å². The lowest BCUT2D eigenvalue weighted by atomic mass is 10.3. The number of rotatable bonds is 6. The van der Waals surface area contributed by atoms with Crippen LogP contribution in [0.5, 0.6) is 0 Å². The molecule has 0 heterocycles. The molecule has 0 aromatic carbocycles. The highest BCUT2D eigenvalue weighted by Crippen LogP contribution is 1.95. The first-order chi connectivity index (χ1) is 7.15. The SMILES string of the molecule is CCN(C=CC=C(C#N)C(=O)O)CCO. The molecule has 0 radical (unpaired) electrons. The molecule has 0 atom stereocenters. The minimum Gasteiger partial charge on any atom is -0.477 e. The number of aliphatic hydroxyl groups is 1. The van der Waals surface area contributed by atoms with Crippen molar-refractivity contribution in [2.75, 3.05) is 19.7 Å². The smallest absolute Gasteiger partial charge is 0.346 e. The van der Waals surface area contributed by atoms with E-state index in [-0.39, 0.29) is 12.2 Å². The van der Waals surface area contributed by atoms with Crippen LogP contribution in [0, 0.1) is 11.3 Å². The van der Waals surface area contributed by atoms with Crippen LogP contribution in [-0.4, -0.2) is 40.8 Å². The first-order valence-electron chi connectivity index (χ1n) is 4.52. The van der Waals surface area contributed by atoms with Crippen molar-refractivity contribution in [2.45, 2.75) is 6.92 Å². The molecule has 5 heteroatoms. The maximum absolute atomic E-state index is 10.4. The Labute approximate surface area is 88.5 Å². The first kappa shape index (κ1) is 13.2. The standard InChI is InChI=1S/C10H14N2O3/c1-2-12(6-7-13)5-3-4-9(8-11)10(14)15/h3-5,13H,2,6-7H2,1H3,(H,14,15). The Morgan fingerprint density at radius 2 is 2.27 bits per heavy atom. The zero-order valence-electron chi connectivity index (χ0n) is 8.55. The molecule has 15 heavy (non-hydrogen) atoms. The van der Waals surface area contributed by atoms with Gasteiger partial charge in [-0.15, -0.1) is 0 Å². The average Bonchev–Trinajstić information content (AvgIpc) is 2.22. The van der Waals surface area contributed by atoms with Crippen molar-refractivity contribution in [1.82, 2.24) is 4.90 Å². The molecule has 0 saturated carbocycles. The molecule has 0 aromatic heterocycles. The number of aliphatic hydroxyl groups excluding tert-OH is 1. The van der Waals surface area contributed by atoms with Gasteiger partial charge in [0.2, 0.25) is 0 Å². The van der Waals surface area contributed by atoms with Gasteiger partial charge in [0.1, 0.15) is 11.6 Å². The van der Waals surface area contributed by atoms with Crippen molar-refractivity contribution in [1.29, 1.82) is 5.26 Å². The maximum atomic E-state index is 10.4. The lowest BCUT2D eigenvalue weighted by Crippen LogP contribution is -2.20. The van der Waals surface area contributed by atoms with Gasteiger partial charge in [-0.05, 0) is 25.3 Å². The third-order valence-corrected chi connectivity index (χ3v) is 1.70. The highest BCUT2D eigenvalue weighted by molar-refractivity contribution is 5.91. The van der Waals surface area contributed by atoms with Crippen molar-refractivity contribution >= 4 is 5.97 Å². The summed E-state index contributed by atoms with van der Waals surface area (Å²) in [5, 5.41) is 25.6. The normalized spacial score (nSPS) is 11.4. The van der Waals surface area contributed by atoms with Gasteiger partial charge in [-0.1, -0.05) is 0 Å². The Morgan fingerprint density at radius 1 is 1.60 bits per heavy atom. The molecular formula is C10H14N2O3. The zero-order valence-corrected chi connectivity index (χ0v) is 8.55. The number of hydrogen-bond donors (Lipinski definition) is 2. The summed E-state index contributed by atoms with van der Waals surface area (Å²) in [6.45, 7) is 3.13. The number of carboxylic acids is 1. The van der Waals surface area contributed by atoms with Crippen LogP contribution in [-0.2, 0) is 4.79 Å². The van der Waals surface area contributed by atoms with Crippen molar-refractivity contribution < 1.29 is 15.0 Å². The first-order valence-corrected chi connectivity index (χ1v) is 4.52. The number of aliphatic carboxylic acids is 1. The van der Waals surface area contributed by atoms with Crippen LogP contribution in [0.4, 0.5) is 0 Å². The molecule has 0 bridgehead atoms. The third-order valence-electron chi connectivity index (χ3n) is 1.70. The summed E-state index contributed by atoms with van der Waals surface area (Å²) in [7, 11) is 0. The van der Waals surface area contributed by atoms with E-state index in [0.29, 0.717) is 13.1 Å². The Hall–Kier alpha value is -1.80. The van der Waals surface area contributed by atoms with E-state index < -0.39 is 5.97 Å². The molecule has 0 fully saturated rings. The van der Waals surface area contributed by atoms with Gasteiger partial charge in [0.25, 0.3) is 0 Å². The third kappa shape index (κ3) is 5.49. The summed E-state index contributed by atoms with van der Waals surface area (Å²) in [4.78, 5) is 12.2. The molecule has 0 saturated heterocycles. The zero-order chi connectivity index (χ0) is 11.7. The minimum absolute atomic E-state index is 0.0337. The van der Waals surface area contributed by atoms with E-state index in [1.54, 1.807) is 17.2 Å². The van der Waals surface area contributed by atoms with E-state index in [4.69, 9.17) is 15.5 Å². The summed E-state index contributed by atoms with van der Waals surface area (Å²) in [5.74, 6) is -1.24. The van der Waals surface area contributed by atoms with Crippen molar-refractivity contribution in [3.05, 3.63) is 23.9 Å². The van der Waals surface area contributed by atoms with E-state index in [0.717, 1.165) is 0 Å². The van der Waals surface area contributed by atoms with Gasteiger partial charge in [-0.2, -0.15) is 5.26 Å². The van der Waals surface area contributed by atoms with Crippen LogP contribution >= 0.6 is 0 Å². The van der Waals surface area contributed by atoms with Crippen molar-refractivity contribution in [3.8, 4) is 6.07 Å². The molecule has 5 nitrogen and oxygen atoms in total. The van der Waals surface area contributed by atoms with Crippen molar-refractivity contribution in [2.24, 2.45) is 0 Å². The number of allylic oxidation sites excluding steroid dienone is 2. The topological polar surface area (TPSA) is 84.6 Å². The predicted molar refractivity (Wildman–Crippen MR) is 54.8 cm³/mol. The molecule has 2 N–H and O–H groups in total. The highest BCUT2D eigenvalue weighted by atomic mass is 16.4. The summed E-state index contributed by atoms with van der Waals surface area (Å²) in [6, 6.07) is 1.57. The summed E-state index contributed by atoms with van der Waals surface area (Å²) in [5.41, 5.74) is -0.314. The molecule has 0 unspecified atom stereocenters. The molecular weight excluding hydrogens is 196 g/mol. The molecule has 0 aliphatic carbocycles. The molecule has 82 valence electrons. The molecule has 0 amide bonds. The quantitative estimate of drug-likeness (QED) is 0.375. The van der Waals surface area contributed by atoms with Crippen LogP contribution < -0.4 is 0 Å². The van der Waals surface area contributed by atoms with Crippen LogP contribution in [0.15, 0.2) is 23.9 Å². The molecule has 0 aliphatic heterocycles. The maximum Gasteiger partial charge on any atom is 0.346 e. The lowest BCUT2D eigenvalue weighted by Gasteiger charge is -2.15. The van der Waals surface area contributed by atoms with E-state index in [2.05, 4.69) is 0 Å². The van der Waals surface area contributed by atoms with Gasteiger partial charge < -0.3 is 15.1 Å². The number of likely N-dealkylation sites (N-methyl/N-ethyl adjacent to an activating group) is 1. The second-order valence-corrected chi connectivity index (χ2v) is 2.69. The fraction of sp³-hybridized carbons (Fsp3) is 0.400. The van der Waals surface area contributed by atoms with Gasteiger partial charge in [-0.25, -0.2) is 4.79 Å². The molecule has 0 aromatic rings. The predicted octanol–water partition coefficient (Wildman–Crippen LogP) is 0.349. The highest BCUT2D eigenvalue weighted by Gasteiger charge is 2.02. The Balaban J connectivity index is 4.39. The van der Waals surface area contributed by atoms with Crippen LogP contribution in [0.3, 0.4) is 0 Å². The Morgan fingerprint density at radius 3 is 2.67 bits per heavy atom. The molecule has 0 rings (SSSR count). The summed E-state index contributed by atoms with van der Waals surface area (Å²) in [6.07, 6.45) is 4.34. The largest absolute Gasteiger partial charge is 0.477 e. The fourth-order valence-electron chi connectivity index (χ4n) is 0.884. The van der Waals surface area contributed by atoms with Gasteiger partial charge in [0, 0.05) is 13.1 Å². The summed E-state index contributed by atoms with van der Waals surface area (Å²) < 4.78 is 0. The second kappa shape index (κ2) is 7.59. The lowest BCUT2D eigenvalue weighted by molar-refractivity contribution is -0.132. The minimum atomic E-state index is -1.24. The van der Waals surface area contributed by atoms with E-state index in [1.807, 2.05) is 6.92 Å². The van der Waals surface area contributed by atoms with Gasteiger partial charge in [0.15, 0.2) is 0 Å². The molecule has 0 spiro atoms. The van der Waals surface area contributed by atoms with Crippen LogP contribution in [0.1, 0.15) is 6.92 Å². The average molecular weight is 210 g/mol. The Kier molecular flexibility index (Phi) is 6.68. The second-order valence-electron chi connectivity index (χ2n) is 2.69. The van der Waals surface area contributed by atoms with Crippen LogP contribution in [0.25, 0.3) is 0 Å². The fourth-order valence-corrected chi connectivity index (χ4v) is 0.884. The summed E-state index contributed by atoms with van der Waals surface area (Å²) >= 11 is 0. The van der Waals surface area contributed by atoms with E-state index in [9.17, 15) is 4.79 Å². The van der Waals surface area contributed by atoms with Crippen molar-refractivity contribution in [3.63, 3.8) is 0 Å². The number of hydrogen-bond acceptors (Lipinski definition) is 4. The Bertz CT molecular complexity index is 302. The van der Waals surface area contributed by atoms with Gasteiger partial charge in [-0.3, -0.25) is 0 Å². The number of carbonyl (C=O) groups is 1. The number of nitriles is 1. The van der Waals surface area contributed by atoms with E-state index >= 15 is 0 Å². The van der Waals surface area contributed by atoms with Gasteiger partial charge >= 0.3 is 5.97 Å². The monoisotopic (exact) mass is 210 g/mol. The van der Waals surface area contributed by atoms with E-state index in [1.165, 1.54) is 12.2 Å². The number of nitrogens with zero attached hydrogens (tertiary/aromatic N) is 2. The molecule has 0 aliphatic rings.